The van der Waals surface area contributed by atoms with E-state index in [1.165, 1.54) is 6.42 Å². The second kappa shape index (κ2) is 31.5. The minimum atomic E-state index is -2.54. The fourth-order valence-corrected chi connectivity index (χ4v) is 5.31. The van der Waals surface area contributed by atoms with Crippen molar-refractivity contribution in [1.82, 2.24) is 0 Å². The van der Waals surface area contributed by atoms with Crippen molar-refractivity contribution in [3.8, 4) is 0 Å². The van der Waals surface area contributed by atoms with Crippen LogP contribution in [0.1, 0.15) is 188 Å². The SMILES string of the molecule is CCCCCCCCOC(=O)CC(C(=O)OCCCCCCCC)(C(=O)OCCCCCCCC)C(=O)OCCCCCCCC. The molecule has 0 aromatic carbocycles. The van der Waals surface area contributed by atoms with E-state index in [0.717, 1.165) is 122 Å². The van der Waals surface area contributed by atoms with Gasteiger partial charge in [-0.2, -0.15) is 0 Å². The molecule has 0 saturated carbocycles. The molecule has 8 heteroatoms. The Kier molecular flexibility index (Phi) is 30.0. The van der Waals surface area contributed by atoms with Crippen molar-refractivity contribution >= 4 is 23.9 Å². The van der Waals surface area contributed by atoms with Crippen LogP contribution in [-0.2, 0) is 38.1 Å². The van der Waals surface area contributed by atoms with Crippen molar-refractivity contribution in [1.29, 1.82) is 0 Å². The summed E-state index contributed by atoms with van der Waals surface area (Å²) in [6.07, 6.45) is 22.9. The van der Waals surface area contributed by atoms with Crippen LogP contribution < -0.4 is 0 Å². The minimum absolute atomic E-state index is 0.0505. The summed E-state index contributed by atoms with van der Waals surface area (Å²) in [7, 11) is 0. The van der Waals surface area contributed by atoms with Gasteiger partial charge in [-0.3, -0.25) is 19.2 Å². The maximum Gasteiger partial charge on any atom is 0.335 e. The van der Waals surface area contributed by atoms with Crippen molar-refractivity contribution in [2.75, 3.05) is 26.4 Å². The normalized spacial score (nSPS) is 11.3. The van der Waals surface area contributed by atoms with Crippen LogP contribution in [0.5, 0.6) is 0 Å². The standard InChI is InChI=1S/C38H70O8/c1-5-9-13-17-21-25-29-43-34(39)33-38(35(40)44-30-26-22-18-14-10-6-2,36(41)45-31-27-23-19-15-11-7-3)37(42)46-32-28-24-20-16-12-8-4/h5-33H2,1-4H3. The Morgan fingerprint density at radius 3 is 0.870 bits per heavy atom. The van der Waals surface area contributed by atoms with E-state index in [-0.39, 0.29) is 26.4 Å². The van der Waals surface area contributed by atoms with E-state index in [1.807, 2.05) is 0 Å². The Hall–Kier alpha value is -2.12. The van der Waals surface area contributed by atoms with Crippen molar-refractivity contribution < 1.29 is 38.1 Å². The molecule has 0 amide bonds. The van der Waals surface area contributed by atoms with Gasteiger partial charge in [-0.05, 0) is 25.7 Å². The highest BCUT2D eigenvalue weighted by Crippen LogP contribution is 2.30. The van der Waals surface area contributed by atoms with E-state index in [1.54, 1.807) is 0 Å². The quantitative estimate of drug-likeness (QED) is 0.0298. The predicted octanol–water partition coefficient (Wildman–Crippen LogP) is 9.98. The van der Waals surface area contributed by atoms with Crippen LogP contribution in [0.4, 0.5) is 0 Å². The molecule has 0 N–H and O–H groups in total. The van der Waals surface area contributed by atoms with Gasteiger partial charge in [0.15, 0.2) is 0 Å². The van der Waals surface area contributed by atoms with Gasteiger partial charge in [0.2, 0.25) is 0 Å². The van der Waals surface area contributed by atoms with Crippen molar-refractivity contribution in [2.24, 2.45) is 5.41 Å². The zero-order valence-corrected chi connectivity index (χ0v) is 30.3. The topological polar surface area (TPSA) is 105 Å². The first-order chi connectivity index (χ1) is 22.4. The third-order valence-corrected chi connectivity index (χ3v) is 8.41. The van der Waals surface area contributed by atoms with Crippen LogP contribution in [0.25, 0.3) is 0 Å². The predicted molar refractivity (Wildman–Crippen MR) is 184 cm³/mol. The zero-order valence-electron chi connectivity index (χ0n) is 30.3. The summed E-state index contributed by atoms with van der Waals surface area (Å²) in [5.41, 5.74) is -2.54. The maximum atomic E-state index is 13.7. The lowest BCUT2D eigenvalue weighted by Gasteiger charge is -2.27. The highest BCUT2D eigenvalue weighted by atomic mass is 16.6. The molecule has 0 aliphatic rings. The molecule has 0 fully saturated rings. The van der Waals surface area contributed by atoms with Gasteiger partial charge in [-0.1, -0.05) is 156 Å². The number of carbonyl (C=O) groups excluding carboxylic acids is 4. The highest BCUT2D eigenvalue weighted by Gasteiger charge is 2.59. The van der Waals surface area contributed by atoms with Gasteiger partial charge in [-0.15, -0.1) is 0 Å². The lowest BCUT2D eigenvalue weighted by atomic mass is 9.84. The second-order valence-electron chi connectivity index (χ2n) is 12.8. The molecule has 0 radical (unpaired) electrons. The second-order valence-corrected chi connectivity index (χ2v) is 12.8. The summed E-state index contributed by atoms with van der Waals surface area (Å²) in [5.74, 6) is -4.06. The number of carbonyl (C=O) groups is 4. The smallest absolute Gasteiger partial charge is 0.335 e. The Balaban J connectivity index is 5.64. The summed E-state index contributed by atoms with van der Waals surface area (Å²) in [4.78, 5) is 54.1. The summed E-state index contributed by atoms with van der Waals surface area (Å²) in [6, 6.07) is 0. The van der Waals surface area contributed by atoms with E-state index < -0.39 is 35.7 Å². The summed E-state index contributed by atoms with van der Waals surface area (Å²) >= 11 is 0. The Bertz CT molecular complexity index is 692. The first-order valence-electron chi connectivity index (χ1n) is 19.1. The van der Waals surface area contributed by atoms with Gasteiger partial charge < -0.3 is 18.9 Å². The van der Waals surface area contributed by atoms with Crippen LogP contribution in [0.3, 0.4) is 0 Å². The molecule has 8 nitrogen and oxygen atoms in total. The molecule has 0 aliphatic heterocycles. The van der Waals surface area contributed by atoms with Gasteiger partial charge in [0.05, 0.1) is 32.8 Å². The van der Waals surface area contributed by atoms with Gasteiger partial charge in [0.1, 0.15) is 0 Å². The molecule has 0 bridgehead atoms. The molecule has 0 saturated heterocycles. The third kappa shape index (κ3) is 21.6. The van der Waals surface area contributed by atoms with Gasteiger partial charge in [0.25, 0.3) is 5.41 Å². The number of rotatable bonds is 33. The molecule has 0 heterocycles. The fraction of sp³-hybridized carbons (Fsp3) is 0.895. The number of ether oxygens (including phenoxy) is 4. The molecule has 46 heavy (non-hydrogen) atoms. The molecule has 0 spiro atoms. The van der Waals surface area contributed by atoms with Crippen molar-refractivity contribution in [3.63, 3.8) is 0 Å². The van der Waals surface area contributed by atoms with E-state index in [4.69, 9.17) is 18.9 Å². The molecular weight excluding hydrogens is 584 g/mol. The van der Waals surface area contributed by atoms with E-state index >= 15 is 0 Å². The molecule has 0 atom stereocenters. The number of hydrogen-bond donors (Lipinski definition) is 0. The minimum Gasteiger partial charge on any atom is -0.466 e. The molecule has 270 valence electrons. The van der Waals surface area contributed by atoms with E-state index in [2.05, 4.69) is 27.7 Å². The van der Waals surface area contributed by atoms with Crippen molar-refractivity contribution in [3.05, 3.63) is 0 Å². The maximum absolute atomic E-state index is 13.7. The molecule has 0 aromatic rings. The van der Waals surface area contributed by atoms with Crippen LogP contribution in [0.15, 0.2) is 0 Å². The van der Waals surface area contributed by atoms with Crippen molar-refractivity contribution in [2.45, 2.75) is 188 Å². The Morgan fingerprint density at radius 1 is 0.348 bits per heavy atom. The van der Waals surface area contributed by atoms with Crippen LogP contribution in [0.2, 0.25) is 0 Å². The van der Waals surface area contributed by atoms with Gasteiger partial charge >= 0.3 is 23.9 Å². The summed E-state index contributed by atoms with van der Waals surface area (Å²) in [5, 5.41) is 0. The lowest BCUT2D eigenvalue weighted by Crippen LogP contribution is -2.51. The number of esters is 4. The number of unbranched alkanes of at least 4 members (excludes halogenated alkanes) is 20. The molecule has 0 rings (SSSR count). The zero-order chi connectivity index (χ0) is 34.1. The van der Waals surface area contributed by atoms with Crippen LogP contribution >= 0.6 is 0 Å². The average Bonchev–Trinajstić information content (AvgIpc) is 3.05. The fourth-order valence-electron chi connectivity index (χ4n) is 5.31. The molecule has 0 aliphatic carbocycles. The van der Waals surface area contributed by atoms with E-state index in [0.29, 0.717) is 25.7 Å². The third-order valence-electron chi connectivity index (χ3n) is 8.41. The summed E-state index contributed by atoms with van der Waals surface area (Å²) in [6.45, 7) is 8.92. The Labute approximate surface area is 281 Å². The monoisotopic (exact) mass is 655 g/mol. The largest absolute Gasteiger partial charge is 0.466 e. The van der Waals surface area contributed by atoms with Gasteiger partial charge in [0, 0.05) is 0 Å². The van der Waals surface area contributed by atoms with Crippen LogP contribution in [-0.4, -0.2) is 50.3 Å². The van der Waals surface area contributed by atoms with Gasteiger partial charge in [-0.25, -0.2) is 0 Å². The highest BCUT2D eigenvalue weighted by molar-refractivity contribution is 6.19. The summed E-state index contributed by atoms with van der Waals surface area (Å²) < 4.78 is 22.0. The molecule has 0 aromatic heterocycles. The number of hydrogen-bond acceptors (Lipinski definition) is 8. The van der Waals surface area contributed by atoms with Crippen LogP contribution in [0, 0.1) is 5.41 Å². The average molecular weight is 655 g/mol. The Morgan fingerprint density at radius 2 is 0.587 bits per heavy atom. The molecular formula is C38H70O8. The first kappa shape index (κ1) is 43.9. The first-order valence-corrected chi connectivity index (χ1v) is 19.1. The van der Waals surface area contributed by atoms with E-state index in [9.17, 15) is 19.2 Å². The molecule has 0 unspecified atom stereocenters. The lowest BCUT2D eigenvalue weighted by molar-refractivity contribution is -0.188.